The second-order valence-corrected chi connectivity index (χ2v) is 3.64. The highest BCUT2D eigenvalue weighted by Gasteiger charge is 2.17. The molecule has 0 radical (unpaired) electrons. The highest BCUT2D eigenvalue weighted by Crippen LogP contribution is 2.19. The molecule has 1 amide bonds. The topological polar surface area (TPSA) is 67.2 Å². The molecule has 5 nitrogen and oxygen atoms in total. The van der Waals surface area contributed by atoms with Crippen LogP contribution in [-0.2, 0) is 7.05 Å². The molecule has 1 aromatic heterocycles. The lowest BCUT2D eigenvalue weighted by Gasteiger charge is -2.03. The summed E-state index contributed by atoms with van der Waals surface area (Å²) in [5.74, 6) is -0.242. The van der Waals surface area contributed by atoms with E-state index >= 15 is 0 Å². The molecule has 0 unspecified atom stereocenters. The Morgan fingerprint density at radius 2 is 2.36 bits per heavy atom. The fourth-order valence-electron chi connectivity index (χ4n) is 1.13. The number of hydrogen-bond donors (Lipinski definition) is 2. The van der Waals surface area contributed by atoms with Gasteiger partial charge < -0.3 is 10.4 Å². The Labute approximate surface area is 90.2 Å². The predicted octanol–water partition coefficient (Wildman–Crippen LogP) is 0.213. The molecule has 2 N–H and O–H groups in total. The van der Waals surface area contributed by atoms with Crippen molar-refractivity contribution in [1.82, 2.24) is 15.1 Å². The lowest BCUT2D eigenvalue weighted by Crippen LogP contribution is -2.28. The summed E-state index contributed by atoms with van der Waals surface area (Å²) in [6.07, 6.45) is 0. The van der Waals surface area contributed by atoms with Crippen molar-refractivity contribution in [2.75, 3.05) is 13.2 Å². The van der Waals surface area contributed by atoms with Crippen LogP contribution in [0.25, 0.3) is 0 Å². The van der Waals surface area contributed by atoms with Gasteiger partial charge >= 0.3 is 0 Å². The lowest BCUT2D eigenvalue weighted by molar-refractivity contribution is 0.0934. The molecular formula is C8H12BrN3O2. The van der Waals surface area contributed by atoms with Crippen molar-refractivity contribution in [3.63, 3.8) is 0 Å². The number of hydrogen-bond acceptors (Lipinski definition) is 3. The third-order valence-corrected chi connectivity index (χ3v) is 2.71. The third-order valence-electron chi connectivity index (χ3n) is 1.76. The fourth-order valence-corrected chi connectivity index (χ4v) is 1.65. The molecule has 0 spiro atoms. The van der Waals surface area contributed by atoms with Gasteiger partial charge in [-0.15, -0.1) is 0 Å². The van der Waals surface area contributed by atoms with E-state index in [9.17, 15) is 4.79 Å². The van der Waals surface area contributed by atoms with E-state index in [1.54, 1.807) is 7.05 Å². The summed E-state index contributed by atoms with van der Waals surface area (Å²) in [5.41, 5.74) is 1.23. The highest BCUT2D eigenvalue weighted by molar-refractivity contribution is 9.10. The van der Waals surface area contributed by atoms with Crippen molar-refractivity contribution in [3.8, 4) is 0 Å². The summed E-state index contributed by atoms with van der Waals surface area (Å²) in [7, 11) is 1.70. The molecule has 0 saturated heterocycles. The summed E-state index contributed by atoms with van der Waals surface area (Å²) in [6, 6.07) is 0. The zero-order valence-electron chi connectivity index (χ0n) is 8.04. The predicted molar refractivity (Wildman–Crippen MR) is 55.1 cm³/mol. The van der Waals surface area contributed by atoms with Crippen LogP contribution in [0.1, 0.15) is 16.2 Å². The average Bonchev–Trinajstić information content (AvgIpc) is 2.38. The Kier molecular flexibility index (Phi) is 3.65. The van der Waals surface area contributed by atoms with Gasteiger partial charge in [-0.2, -0.15) is 5.10 Å². The molecule has 78 valence electrons. The first-order valence-corrected chi connectivity index (χ1v) is 4.95. The number of carbonyl (C=O) groups is 1. The Balaban J connectivity index is 2.89. The van der Waals surface area contributed by atoms with Crippen molar-refractivity contribution in [2.24, 2.45) is 7.05 Å². The van der Waals surface area contributed by atoms with Gasteiger partial charge in [-0.25, -0.2) is 0 Å². The monoisotopic (exact) mass is 261 g/mol. The van der Waals surface area contributed by atoms with Gasteiger partial charge in [-0.05, 0) is 22.9 Å². The number of nitrogens with one attached hydrogen (secondary N) is 1. The average molecular weight is 262 g/mol. The maximum atomic E-state index is 11.5. The molecule has 0 atom stereocenters. The first-order valence-electron chi connectivity index (χ1n) is 4.16. The Morgan fingerprint density at radius 3 is 2.79 bits per heavy atom. The van der Waals surface area contributed by atoms with E-state index < -0.39 is 0 Å². The molecule has 0 saturated carbocycles. The molecule has 6 heteroatoms. The zero-order valence-corrected chi connectivity index (χ0v) is 9.63. The van der Waals surface area contributed by atoms with Gasteiger partial charge in [0, 0.05) is 13.6 Å². The number of rotatable bonds is 3. The quantitative estimate of drug-likeness (QED) is 0.818. The fraction of sp³-hybridized carbons (Fsp3) is 0.500. The zero-order chi connectivity index (χ0) is 10.7. The van der Waals surface area contributed by atoms with E-state index in [0.29, 0.717) is 10.2 Å². The first-order chi connectivity index (χ1) is 6.57. The molecule has 0 bridgehead atoms. The van der Waals surface area contributed by atoms with Gasteiger partial charge in [0.05, 0.1) is 16.8 Å². The second-order valence-electron chi connectivity index (χ2n) is 2.85. The molecule has 0 fully saturated rings. The van der Waals surface area contributed by atoms with Crippen LogP contribution >= 0.6 is 15.9 Å². The minimum Gasteiger partial charge on any atom is -0.395 e. The summed E-state index contributed by atoms with van der Waals surface area (Å²) >= 11 is 3.29. The number of halogens is 1. The molecule has 0 aliphatic carbocycles. The summed E-state index contributed by atoms with van der Waals surface area (Å²) in [5, 5.41) is 15.2. The molecular weight excluding hydrogens is 250 g/mol. The van der Waals surface area contributed by atoms with Crippen LogP contribution in [0.3, 0.4) is 0 Å². The summed E-state index contributed by atoms with van der Waals surface area (Å²) < 4.78 is 2.20. The number of aliphatic hydroxyl groups is 1. The maximum Gasteiger partial charge on any atom is 0.270 e. The van der Waals surface area contributed by atoms with Crippen LogP contribution in [-0.4, -0.2) is 33.9 Å². The van der Waals surface area contributed by atoms with Crippen LogP contribution in [0.15, 0.2) is 4.47 Å². The van der Waals surface area contributed by atoms with Crippen molar-refractivity contribution >= 4 is 21.8 Å². The smallest absolute Gasteiger partial charge is 0.270 e. The molecule has 1 heterocycles. The maximum absolute atomic E-state index is 11.5. The van der Waals surface area contributed by atoms with Gasteiger partial charge in [0.2, 0.25) is 0 Å². The number of aromatic nitrogens is 2. The van der Waals surface area contributed by atoms with Crippen molar-refractivity contribution in [1.29, 1.82) is 0 Å². The molecule has 14 heavy (non-hydrogen) atoms. The van der Waals surface area contributed by atoms with Crippen LogP contribution in [0.4, 0.5) is 0 Å². The SMILES string of the molecule is Cc1nn(C)c(C(=O)NCCO)c1Br. The third kappa shape index (κ3) is 2.13. The molecule has 1 rings (SSSR count). The normalized spacial score (nSPS) is 10.3. The van der Waals surface area contributed by atoms with Gasteiger partial charge in [0.15, 0.2) is 0 Å². The molecule has 0 aliphatic heterocycles. The minimum atomic E-state index is -0.242. The lowest BCUT2D eigenvalue weighted by atomic mass is 10.3. The van der Waals surface area contributed by atoms with Crippen LogP contribution in [0.5, 0.6) is 0 Å². The van der Waals surface area contributed by atoms with Gasteiger partial charge in [0.1, 0.15) is 5.69 Å². The summed E-state index contributed by atoms with van der Waals surface area (Å²) in [6.45, 7) is 1.99. The van der Waals surface area contributed by atoms with Gasteiger partial charge in [-0.1, -0.05) is 0 Å². The number of aliphatic hydroxyl groups excluding tert-OH is 1. The second kappa shape index (κ2) is 4.56. The van der Waals surface area contributed by atoms with Gasteiger partial charge in [-0.3, -0.25) is 9.48 Å². The van der Waals surface area contributed by atoms with E-state index in [-0.39, 0.29) is 19.1 Å². The Bertz CT molecular complexity index is 349. The number of amides is 1. The van der Waals surface area contributed by atoms with E-state index in [1.807, 2.05) is 6.92 Å². The van der Waals surface area contributed by atoms with Crippen molar-refractivity contribution in [3.05, 3.63) is 15.9 Å². The first kappa shape index (κ1) is 11.2. The van der Waals surface area contributed by atoms with Crippen LogP contribution < -0.4 is 5.32 Å². The van der Waals surface area contributed by atoms with Crippen LogP contribution in [0.2, 0.25) is 0 Å². The standard InChI is InChI=1S/C8H12BrN3O2/c1-5-6(9)7(12(2)11-5)8(14)10-3-4-13/h13H,3-4H2,1-2H3,(H,10,14). The Hall–Kier alpha value is -0.880. The Morgan fingerprint density at radius 1 is 1.71 bits per heavy atom. The van der Waals surface area contributed by atoms with Gasteiger partial charge in [0.25, 0.3) is 5.91 Å². The van der Waals surface area contributed by atoms with Crippen molar-refractivity contribution < 1.29 is 9.90 Å². The number of nitrogens with zero attached hydrogens (tertiary/aromatic N) is 2. The minimum absolute atomic E-state index is 0.0693. The molecule has 0 aromatic carbocycles. The number of carbonyl (C=O) groups excluding carboxylic acids is 1. The van der Waals surface area contributed by atoms with E-state index in [2.05, 4.69) is 26.3 Å². The highest BCUT2D eigenvalue weighted by atomic mass is 79.9. The number of aryl methyl sites for hydroxylation is 2. The van der Waals surface area contributed by atoms with E-state index in [0.717, 1.165) is 5.69 Å². The largest absolute Gasteiger partial charge is 0.395 e. The van der Waals surface area contributed by atoms with E-state index in [4.69, 9.17) is 5.11 Å². The summed E-state index contributed by atoms with van der Waals surface area (Å²) in [4.78, 5) is 11.5. The molecule has 0 aliphatic rings. The molecule has 1 aromatic rings. The van der Waals surface area contributed by atoms with Crippen molar-refractivity contribution in [2.45, 2.75) is 6.92 Å². The van der Waals surface area contributed by atoms with Crippen LogP contribution in [0, 0.1) is 6.92 Å². The van der Waals surface area contributed by atoms with E-state index in [1.165, 1.54) is 4.68 Å².